The maximum atomic E-state index is 8.88. The number of rotatable bonds is 0. The van der Waals surface area contributed by atoms with Gasteiger partial charge in [0.1, 0.15) is 0 Å². The largest absolute Gasteiger partial charge is 1.00 e. The summed E-state index contributed by atoms with van der Waals surface area (Å²) >= 11 is 1.07. The quantitative estimate of drug-likeness (QED) is 0.437. The summed E-state index contributed by atoms with van der Waals surface area (Å²) < 4.78 is 10.3. The minimum Gasteiger partial charge on any atom is -0.303 e. The molecule has 0 radical (unpaired) electrons. The average molecular weight is 329 g/mol. The van der Waals surface area contributed by atoms with Crippen LogP contribution in [0.5, 0.6) is 0 Å². The van der Waals surface area contributed by atoms with Gasteiger partial charge in [-0.25, -0.2) is 4.57 Å². The van der Waals surface area contributed by atoms with Crippen LogP contribution in [0, 0.1) is 0 Å². The number of hydrogen-bond acceptors (Lipinski definition) is 1. The fourth-order valence-electron chi connectivity index (χ4n) is 0. The Bertz CT molecular complexity index is 74.4. The molecule has 4 nitrogen and oxygen atoms in total. The molecule has 0 unspecified atom stereocenters. The van der Waals surface area contributed by atoms with Gasteiger partial charge >= 0.3 is 46.2 Å². The summed E-state index contributed by atoms with van der Waals surface area (Å²) in [7, 11) is -4.64. The summed E-state index contributed by atoms with van der Waals surface area (Å²) in [6.45, 7) is 2.21. The van der Waals surface area contributed by atoms with E-state index < -0.39 is 7.82 Å². The topological polar surface area (TPSA) is 77.8 Å². The Kier molecular flexibility index (Phi) is 9.10. The Morgan fingerprint density at radius 3 is 1.62 bits per heavy atom. The molecule has 0 rings (SSSR count). The molecule has 0 heterocycles. The van der Waals surface area contributed by atoms with Gasteiger partial charge in [0.05, 0.1) is 0 Å². The van der Waals surface area contributed by atoms with Crippen molar-refractivity contribution in [2.24, 2.45) is 0 Å². The summed E-state index contributed by atoms with van der Waals surface area (Å²) in [4.78, 5) is 21.6. The van der Waals surface area contributed by atoms with Gasteiger partial charge in [-0.2, -0.15) is 0 Å². The van der Waals surface area contributed by atoms with Gasteiger partial charge in [-0.3, -0.25) is 0 Å². The van der Waals surface area contributed by atoms with Crippen molar-refractivity contribution in [2.75, 3.05) is 0 Å². The van der Waals surface area contributed by atoms with Crippen molar-refractivity contribution in [3.05, 3.63) is 0 Å². The molecule has 0 aromatic rings. The fraction of sp³-hybridized carbons (Fsp3) is 1.00. The van der Waals surface area contributed by atoms with E-state index in [0.717, 1.165) is 26.1 Å². The first-order chi connectivity index (χ1) is 3.41. The maximum Gasteiger partial charge on any atom is 1.00 e. The fourth-order valence-corrected chi connectivity index (χ4v) is 0. The van der Waals surface area contributed by atoms with Gasteiger partial charge in [0.15, 0.2) is 0 Å². The summed E-state index contributed by atoms with van der Waals surface area (Å²) in [6, 6.07) is 0. The second-order valence-electron chi connectivity index (χ2n) is 1.01. The van der Waals surface area contributed by atoms with Gasteiger partial charge in [-0.1, -0.05) is 0 Å². The van der Waals surface area contributed by atoms with E-state index in [2.05, 4.69) is 6.92 Å². The molecule has 47 valence electrons. The first-order valence-corrected chi connectivity index (χ1v) is 7.44. The molecule has 0 saturated carbocycles. The van der Waals surface area contributed by atoms with Crippen molar-refractivity contribution in [3.63, 3.8) is 0 Å². The minimum absolute atomic E-state index is 0. The second kappa shape index (κ2) is 6.17. The van der Waals surface area contributed by atoms with Crippen molar-refractivity contribution >= 4 is 7.82 Å². The van der Waals surface area contributed by atoms with Crippen LogP contribution >= 0.6 is 7.82 Å². The third-order valence-electron chi connectivity index (χ3n) is 0. The summed E-state index contributed by atoms with van der Waals surface area (Å²) in [5, 5.41) is 0. The molecule has 0 atom stereocenters. The number of phosphoric acid groups is 1. The molecular weight excluding hydrogens is 320 g/mol. The van der Waals surface area contributed by atoms with Crippen LogP contribution in [0.25, 0.3) is 0 Å². The van der Waals surface area contributed by atoms with Crippen molar-refractivity contribution < 1.29 is 46.8 Å². The molecule has 3 N–H and O–H groups in total. The molecule has 0 aromatic heterocycles. The van der Waals surface area contributed by atoms with Crippen LogP contribution in [0.15, 0.2) is 0 Å². The first kappa shape index (κ1) is 11.8. The zero-order valence-corrected chi connectivity index (χ0v) is 11.0. The molecule has 0 saturated heterocycles. The van der Waals surface area contributed by atoms with E-state index in [1.807, 2.05) is 0 Å². The van der Waals surface area contributed by atoms with Crippen molar-refractivity contribution in [1.29, 1.82) is 0 Å². The van der Waals surface area contributed by atoms with Gasteiger partial charge in [0.25, 0.3) is 0 Å². The third-order valence-corrected chi connectivity index (χ3v) is 0. The van der Waals surface area contributed by atoms with Crippen molar-refractivity contribution in [2.45, 2.75) is 10.9 Å². The molecule has 6 heteroatoms. The van der Waals surface area contributed by atoms with E-state index in [4.69, 9.17) is 19.2 Å². The second-order valence-corrected chi connectivity index (χ2v) is 5.93. The molecular formula is C2H9HgO4P+. The van der Waals surface area contributed by atoms with E-state index in [1.165, 1.54) is 3.93 Å². The van der Waals surface area contributed by atoms with Crippen LogP contribution < -0.4 is 0 Å². The van der Waals surface area contributed by atoms with Gasteiger partial charge < -0.3 is 14.7 Å². The molecule has 0 spiro atoms. The molecule has 0 aliphatic carbocycles. The Morgan fingerprint density at radius 2 is 1.62 bits per heavy atom. The number of hydrogen-bond donors (Lipinski definition) is 3. The van der Waals surface area contributed by atoms with Gasteiger partial charge in [-0.05, 0) is 0 Å². The summed E-state index contributed by atoms with van der Waals surface area (Å²) in [5.74, 6) is 0. The van der Waals surface area contributed by atoms with E-state index >= 15 is 0 Å². The van der Waals surface area contributed by atoms with E-state index in [9.17, 15) is 0 Å². The monoisotopic (exact) mass is 330 g/mol. The van der Waals surface area contributed by atoms with Crippen LogP contribution in [0.2, 0.25) is 3.93 Å². The normalized spacial score (nSPS) is 9.75. The molecule has 0 fully saturated rings. The van der Waals surface area contributed by atoms with E-state index in [1.54, 1.807) is 0 Å². The molecule has 0 aliphatic rings. The molecule has 0 aromatic carbocycles. The van der Waals surface area contributed by atoms with E-state index in [0.29, 0.717) is 0 Å². The van der Waals surface area contributed by atoms with Crippen LogP contribution in [0.1, 0.15) is 8.35 Å². The Balaban J connectivity index is -0.0000000800. The zero-order chi connectivity index (χ0) is 7.21. The Hall–Kier alpha value is 1.05. The predicted molar refractivity (Wildman–Crippen MR) is 25.9 cm³/mol. The summed E-state index contributed by atoms with van der Waals surface area (Å²) in [5.41, 5.74) is 0. The standard InChI is InChI=1S/C2H5.Hg.H3O4P/c1-2;;1-5(2,3)4/h1H2,2H3;;(H3,1,2,3,4)/p+1. The van der Waals surface area contributed by atoms with Gasteiger partial charge in [0.2, 0.25) is 0 Å². The SMILES string of the molecule is C[CH2][Hg].O=P(O)(O)O.[H+]. The van der Waals surface area contributed by atoms with Crippen LogP contribution in [-0.2, 0) is 30.7 Å². The minimum atomic E-state index is -4.64. The third kappa shape index (κ3) is 236. The smallest absolute Gasteiger partial charge is 0.303 e. The average Bonchev–Trinajstić information content (AvgIpc) is 1.27. The van der Waals surface area contributed by atoms with Crippen molar-refractivity contribution in [1.82, 2.24) is 0 Å². The van der Waals surface area contributed by atoms with Crippen LogP contribution in [0.4, 0.5) is 0 Å². The Labute approximate surface area is 65.6 Å². The molecule has 0 bridgehead atoms. The summed E-state index contributed by atoms with van der Waals surface area (Å²) in [6.07, 6.45) is 0. The van der Waals surface area contributed by atoms with Crippen molar-refractivity contribution in [3.8, 4) is 0 Å². The van der Waals surface area contributed by atoms with Crippen LogP contribution in [-0.4, -0.2) is 14.7 Å². The van der Waals surface area contributed by atoms with E-state index in [-0.39, 0.29) is 1.43 Å². The van der Waals surface area contributed by atoms with Gasteiger partial charge in [0, 0.05) is 0 Å². The Morgan fingerprint density at radius 1 is 1.62 bits per heavy atom. The first-order valence-electron chi connectivity index (χ1n) is 1.99. The van der Waals surface area contributed by atoms with Gasteiger partial charge in [-0.15, -0.1) is 0 Å². The van der Waals surface area contributed by atoms with Crippen LogP contribution in [0.3, 0.4) is 0 Å². The molecule has 8 heavy (non-hydrogen) atoms. The molecule has 0 amide bonds. The maximum absolute atomic E-state index is 8.88. The molecule has 0 aliphatic heterocycles. The zero-order valence-electron chi connectivity index (χ0n) is 5.61. The predicted octanol–water partition coefficient (Wildman–Crippen LogP) is 0.155.